The summed E-state index contributed by atoms with van der Waals surface area (Å²) in [5.74, 6) is 0.557. The maximum Gasteiger partial charge on any atom is 0.0474 e. The van der Waals surface area contributed by atoms with Crippen molar-refractivity contribution in [1.29, 1.82) is 0 Å². The van der Waals surface area contributed by atoms with Gasteiger partial charge in [0.05, 0.1) is 0 Å². The molecule has 0 nitrogen and oxygen atoms in total. The van der Waals surface area contributed by atoms with Crippen molar-refractivity contribution in [3.05, 3.63) is 12.2 Å². The van der Waals surface area contributed by atoms with Crippen LogP contribution in [0.5, 0.6) is 0 Å². The summed E-state index contributed by atoms with van der Waals surface area (Å²) in [6.45, 7) is 2.12. The molecule has 1 atom stereocenters. The molecule has 0 aromatic carbocycles. The number of hydrogen-bond acceptors (Lipinski definition) is 0. The summed E-state index contributed by atoms with van der Waals surface area (Å²) in [5.41, 5.74) is 0. The van der Waals surface area contributed by atoms with Gasteiger partial charge in [-0.1, -0.05) is 19.1 Å². The molecule has 1 unspecified atom stereocenters. The van der Waals surface area contributed by atoms with Crippen molar-refractivity contribution in [2.24, 2.45) is 0 Å². The summed E-state index contributed by atoms with van der Waals surface area (Å²) < 4.78 is 0. The van der Waals surface area contributed by atoms with Crippen molar-refractivity contribution in [2.75, 3.05) is 5.88 Å². The zero-order valence-corrected chi connectivity index (χ0v) is 9.80. The topological polar surface area (TPSA) is 0 Å². The Bertz CT molecular complexity index is 94.1. The molecule has 0 heterocycles. The van der Waals surface area contributed by atoms with Crippen LogP contribution in [0.15, 0.2) is 12.2 Å². The average molecular weight is 284 g/mol. The first-order valence-corrected chi connectivity index (χ1v) is 4.63. The molecule has 0 saturated carbocycles. The van der Waals surface area contributed by atoms with Gasteiger partial charge in [-0.15, -0.1) is 23.2 Å². The molecule has 0 aromatic heterocycles. The number of hydrogen-bond donors (Lipinski definition) is 0. The van der Waals surface area contributed by atoms with E-state index in [4.69, 9.17) is 23.2 Å². The molecule has 3 heteroatoms. The molecule has 0 bridgehead atoms. The summed E-state index contributed by atoms with van der Waals surface area (Å²) in [5, 5.41) is 0.142. The van der Waals surface area contributed by atoms with Gasteiger partial charge in [-0.05, 0) is 19.3 Å². The van der Waals surface area contributed by atoms with E-state index < -0.39 is 0 Å². The van der Waals surface area contributed by atoms with E-state index in [1.807, 2.05) is 0 Å². The Morgan fingerprint density at radius 1 is 1.36 bits per heavy atom. The standard InChI is InChI=1S/C8H14Cl2.Rh/c1-2-3-4-5-6-8(10)7-9;/h3-4,8H,2,5-7H2,1H3;. The number of allylic oxidation sites excluding steroid dienone is 2. The van der Waals surface area contributed by atoms with Crippen LogP contribution in [0.25, 0.3) is 0 Å². The van der Waals surface area contributed by atoms with Crippen molar-refractivity contribution >= 4 is 23.2 Å². The molecule has 0 rings (SSSR count). The molecule has 0 amide bonds. The second kappa shape index (κ2) is 10.9. The third-order valence-corrected chi connectivity index (χ3v) is 2.12. The van der Waals surface area contributed by atoms with Crippen LogP contribution in [0.4, 0.5) is 0 Å². The Hall–Kier alpha value is 0.943. The predicted molar refractivity (Wildman–Crippen MR) is 49.0 cm³/mol. The van der Waals surface area contributed by atoms with Crippen molar-refractivity contribution in [1.82, 2.24) is 0 Å². The van der Waals surface area contributed by atoms with E-state index in [1.54, 1.807) is 0 Å². The van der Waals surface area contributed by atoms with E-state index in [1.165, 1.54) is 0 Å². The molecule has 0 aliphatic carbocycles. The summed E-state index contributed by atoms with van der Waals surface area (Å²) in [7, 11) is 0. The Kier molecular flexibility index (Phi) is 14.4. The van der Waals surface area contributed by atoms with Crippen LogP contribution in [0.3, 0.4) is 0 Å². The molecule has 11 heavy (non-hydrogen) atoms. The van der Waals surface area contributed by atoms with Crippen molar-refractivity contribution in [3.8, 4) is 0 Å². The largest absolute Gasteiger partial charge is 0.125 e. The molecular formula is C8H14Cl2Rh. The summed E-state index contributed by atoms with van der Waals surface area (Å²) in [6, 6.07) is 0. The van der Waals surface area contributed by atoms with E-state index >= 15 is 0 Å². The Morgan fingerprint density at radius 2 is 2.00 bits per heavy atom. The van der Waals surface area contributed by atoms with Crippen molar-refractivity contribution in [3.63, 3.8) is 0 Å². The van der Waals surface area contributed by atoms with Crippen LogP contribution in [-0.2, 0) is 19.5 Å². The van der Waals surface area contributed by atoms with Crippen LogP contribution >= 0.6 is 23.2 Å². The first-order chi connectivity index (χ1) is 4.81. The van der Waals surface area contributed by atoms with Crippen LogP contribution in [0, 0.1) is 0 Å². The van der Waals surface area contributed by atoms with Crippen LogP contribution in [0.2, 0.25) is 0 Å². The van der Waals surface area contributed by atoms with Crippen LogP contribution < -0.4 is 0 Å². The van der Waals surface area contributed by atoms with E-state index in [2.05, 4.69) is 19.1 Å². The number of halogens is 2. The van der Waals surface area contributed by atoms with Crippen LogP contribution in [-0.4, -0.2) is 11.3 Å². The van der Waals surface area contributed by atoms with Gasteiger partial charge in [-0.25, -0.2) is 0 Å². The quantitative estimate of drug-likeness (QED) is 0.411. The minimum atomic E-state index is 0. The summed E-state index contributed by atoms with van der Waals surface area (Å²) in [4.78, 5) is 0. The van der Waals surface area contributed by atoms with E-state index in [0.29, 0.717) is 5.88 Å². The molecule has 0 aromatic rings. The first kappa shape index (κ1) is 14.5. The maximum atomic E-state index is 5.78. The summed E-state index contributed by atoms with van der Waals surface area (Å²) >= 11 is 11.3. The van der Waals surface area contributed by atoms with Crippen molar-refractivity contribution < 1.29 is 19.5 Å². The van der Waals surface area contributed by atoms with Gasteiger partial charge < -0.3 is 0 Å². The molecule has 1 radical (unpaired) electrons. The molecule has 0 N–H and O–H groups in total. The van der Waals surface area contributed by atoms with E-state index in [9.17, 15) is 0 Å². The van der Waals surface area contributed by atoms with Gasteiger partial charge in [-0.3, -0.25) is 0 Å². The molecule has 0 aliphatic rings. The van der Waals surface area contributed by atoms with E-state index in [0.717, 1.165) is 19.3 Å². The minimum Gasteiger partial charge on any atom is -0.125 e. The van der Waals surface area contributed by atoms with Crippen molar-refractivity contribution in [2.45, 2.75) is 31.6 Å². The average Bonchev–Trinajstić information content (AvgIpc) is 1.98. The first-order valence-electron chi connectivity index (χ1n) is 3.66. The molecule has 0 saturated heterocycles. The van der Waals surface area contributed by atoms with Gasteiger partial charge in [-0.2, -0.15) is 0 Å². The zero-order chi connectivity index (χ0) is 7.82. The van der Waals surface area contributed by atoms with Gasteiger partial charge in [0, 0.05) is 30.7 Å². The van der Waals surface area contributed by atoms with Gasteiger partial charge in [0.25, 0.3) is 0 Å². The molecule has 0 spiro atoms. The van der Waals surface area contributed by atoms with Gasteiger partial charge in [0.15, 0.2) is 0 Å². The second-order valence-electron chi connectivity index (χ2n) is 2.21. The SMILES string of the molecule is CCC=CCCC(Cl)CCl.[Rh]. The van der Waals surface area contributed by atoms with E-state index in [-0.39, 0.29) is 24.9 Å². The fraction of sp³-hybridized carbons (Fsp3) is 0.750. The normalized spacial score (nSPS) is 13.0. The maximum absolute atomic E-state index is 5.78. The summed E-state index contributed by atoms with van der Waals surface area (Å²) in [6.07, 6.45) is 7.45. The second-order valence-corrected chi connectivity index (χ2v) is 3.13. The Morgan fingerprint density at radius 3 is 2.45 bits per heavy atom. The van der Waals surface area contributed by atoms with Gasteiger partial charge in [0.2, 0.25) is 0 Å². The molecule has 69 valence electrons. The predicted octanol–water partition coefficient (Wildman–Crippen LogP) is 3.58. The fourth-order valence-corrected chi connectivity index (χ4v) is 0.919. The third-order valence-electron chi connectivity index (χ3n) is 1.22. The molecule has 0 fully saturated rings. The smallest absolute Gasteiger partial charge is 0.0474 e. The number of rotatable bonds is 5. The Balaban J connectivity index is 0. The zero-order valence-electron chi connectivity index (χ0n) is 6.65. The third kappa shape index (κ3) is 10.9. The van der Waals surface area contributed by atoms with Crippen LogP contribution in [0.1, 0.15) is 26.2 Å². The molecule has 0 aliphatic heterocycles. The molecular weight excluding hydrogens is 270 g/mol. The van der Waals surface area contributed by atoms with Gasteiger partial charge in [0.1, 0.15) is 0 Å². The fourth-order valence-electron chi connectivity index (χ4n) is 0.639. The van der Waals surface area contributed by atoms with Gasteiger partial charge >= 0.3 is 0 Å². The monoisotopic (exact) mass is 283 g/mol. The minimum absolute atomic E-state index is 0. The Labute approximate surface area is 92.1 Å². The number of alkyl halides is 2.